The summed E-state index contributed by atoms with van der Waals surface area (Å²) >= 11 is 0. The first-order chi connectivity index (χ1) is 8.17. The van der Waals surface area contributed by atoms with Gasteiger partial charge in [0.05, 0.1) is 19.3 Å². The smallest absolute Gasteiger partial charge is 0.123 e. The monoisotopic (exact) mass is 241 g/mol. The second-order valence-electron chi connectivity index (χ2n) is 3.90. The molecule has 0 aliphatic rings. The highest BCUT2D eigenvalue weighted by Crippen LogP contribution is 2.13. The second-order valence-corrected chi connectivity index (χ2v) is 3.90. The molecule has 0 bridgehead atoms. The van der Waals surface area contributed by atoms with Gasteiger partial charge in [-0.25, -0.2) is 4.39 Å². The van der Waals surface area contributed by atoms with E-state index in [2.05, 4.69) is 0 Å². The minimum atomic E-state index is -0.265. The molecular formula is C13H20FNO2. The van der Waals surface area contributed by atoms with Gasteiger partial charge in [-0.3, -0.25) is 0 Å². The van der Waals surface area contributed by atoms with Crippen molar-refractivity contribution in [2.45, 2.75) is 33.1 Å². The van der Waals surface area contributed by atoms with Crippen LogP contribution in [-0.2, 0) is 22.6 Å². The molecule has 17 heavy (non-hydrogen) atoms. The molecule has 0 aliphatic heterocycles. The van der Waals surface area contributed by atoms with Gasteiger partial charge in [-0.2, -0.15) is 0 Å². The van der Waals surface area contributed by atoms with Gasteiger partial charge in [0.2, 0.25) is 0 Å². The summed E-state index contributed by atoms with van der Waals surface area (Å²) < 4.78 is 23.9. The van der Waals surface area contributed by atoms with Crippen molar-refractivity contribution in [2.75, 3.05) is 13.2 Å². The molecule has 0 radical (unpaired) electrons. The Hall–Kier alpha value is -0.970. The minimum Gasteiger partial charge on any atom is -0.379 e. The van der Waals surface area contributed by atoms with E-state index in [0.717, 1.165) is 11.1 Å². The van der Waals surface area contributed by atoms with Crippen LogP contribution < -0.4 is 5.73 Å². The molecule has 0 saturated heterocycles. The van der Waals surface area contributed by atoms with Gasteiger partial charge in [-0.05, 0) is 37.1 Å². The first-order valence-electron chi connectivity index (χ1n) is 5.84. The minimum absolute atomic E-state index is 0.0103. The van der Waals surface area contributed by atoms with E-state index in [1.165, 1.54) is 12.1 Å². The highest BCUT2D eigenvalue weighted by molar-refractivity contribution is 5.27. The van der Waals surface area contributed by atoms with Crippen molar-refractivity contribution in [3.05, 3.63) is 35.1 Å². The Morgan fingerprint density at radius 2 is 2.12 bits per heavy atom. The number of rotatable bonds is 7. The standard InChI is InChI=1S/C13H20FNO2/c1-3-16-8-10(2)17-9-12-6-13(14)5-4-11(12)7-15/h4-6,10H,3,7-9,15H2,1-2H3. The fourth-order valence-corrected chi connectivity index (χ4v) is 1.49. The molecule has 2 N–H and O–H groups in total. The number of halogens is 1. The number of nitrogens with two attached hydrogens (primary N) is 1. The number of hydrogen-bond acceptors (Lipinski definition) is 3. The lowest BCUT2D eigenvalue weighted by Crippen LogP contribution is -2.16. The Kier molecular flexibility index (Phi) is 6.11. The third kappa shape index (κ3) is 4.81. The van der Waals surface area contributed by atoms with Gasteiger partial charge in [-0.15, -0.1) is 0 Å². The summed E-state index contributed by atoms with van der Waals surface area (Å²) in [5, 5.41) is 0. The average Bonchev–Trinajstić information content (AvgIpc) is 2.34. The normalized spacial score (nSPS) is 12.7. The van der Waals surface area contributed by atoms with Crippen molar-refractivity contribution in [1.82, 2.24) is 0 Å². The van der Waals surface area contributed by atoms with Crippen LogP contribution in [0.1, 0.15) is 25.0 Å². The zero-order valence-corrected chi connectivity index (χ0v) is 10.4. The van der Waals surface area contributed by atoms with Crippen LogP contribution in [0.25, 0.3) is 0 Å². The first-order valence-corrected chi connectivity index (χ1v) is 5.84. The molecule has 1 atom stereocenters. The van der Waals surface area contributed by atoms with Gasteiger partial charge in [0.25, 0.3) is 0 Å². The van der Waals surface area contributed by atoms with E-state index in [-0.39, 0.29) is 11.9 Å². The molecule has 0 aliphatic carbocycles. The maximum atomic E-state index is 13.1. The first kappa shape index (κ1) is 14.1. The molecule has 1 aromatic carbocycles. The molecule has 0 saturated carbocycles. The van der Waals surface area contributed by atoms with Crippen LogP contribution in [0, 0.1) is 5.82 Å². The second kappa shape index (κ2) is 7.37. The van der Waals surface area contributed by atoms with Crippen LogP contribution in [0.2, 0.25) is 0 Å². The van der Waals surface area contributed by atoms with Crippen LogP contribution in [0.5, 0.6) is 0 Å². The molecular weight excluding hydrogens is 221 g/mol. The van der Waals surface area contributed by atoms with Crippen LogP contribution in [0.4, 0.5) is 4.39 Å². The zero-order chi connectivity index (χ0) is 12.7. The van der Waals surface area contributed by atoms with Gasteiger partial charge in [0, 0.05) is 13.2 Å². The molecule has 0 aromatic heterocycles. The van der Waals surface area contributed by atoms with Gasteiger partial charge >= 0.3 is 0 Å². The van der Waals surface area contributed by atoms with E-state index in [4.69, 9.17) is 15.2 Å². The zero-order valence-electron chi connectivity index (χ0n) is 10.4. The molecule has 3 nitrogen and oxygen atoms in total. The lowest BCUT2D eigenvalue weighted by molar-refractivity contribution is -0.0119. The van der Waals surface area contributed by atoms with Gasteiger partial charge in [0.1, 0.15) is 5.82 Å². The summed E-state index contributed by atoms with van der Waals surface area (Å²) in [5.41, 5.74) is 7.30. The van der Waals surface area contributed by atoms with Gasteiger partial charge in [-0.1, -0.05) is 6.07 Å². The third-order valence-corrected chi connectivity index (χ3v) is 2.47. The van der Waals surface area contributed by atoms with Crippen molar-refractivity contribution in [3.8, 4) is 0 Å². The maximum Gasteiger partial charge on any atom is 0.123 e. The molecule has 96 valence electrons. The number of hydrogen-bond donors (Lipinski definition) is 1. The summed E-state index contributed by atoms with van der Waals surface area (Å²) in [4.78, 5) is 0. The number of ether oxygens (including phenoxy) is 2. The number of benzene rings is 1. The van der Waals surface area contributed by atoms with Gasteiger partial charge in [0.15, 0.2) is 0 Å². The summed E-state index contributed by atoms with van der Waals surface area (Å²) in [6.45, 7) is 5.83. The summed E-state index contributed by atoms with van der Waals surface area (Å²) in [7, 11) is 0. The molecule has 0 heterocycles. The van der Waals surface area contributed by atoms with E-state index >= 15 is 0 Å². The van der Waals surface area contributed by atoms with E-state index < -0.39 is 0 Å². The Bertz CT molecular complexity index is 344. The van der Waals surface area contributed by atoms with Crippen LogP contribution in [0.15, 0.2) is 18.2 Å². The highest BCUT2D eigenvalue weighted by Gasteiger charge is 2.06. The van der Waals surface area contributed by atoms with Crippen LogP contribution >= 0.6 is 0 Å². The van der Waals surface area contributed by atoms with Crippen molar-refractivity contribution in [2.24, 2.45) is 5.73 Å². The highest BCUT2D eigenvalue weighted by atomic mass is 19.1. The van der Waals surface area contributed by atoms with Crippen LogP contribution in [0.3, 0.4) is 0 Å². The molecule has 1 unspecified atom stereocenters. The quantitative estimate of drug-likeness (QED) is 0.796. The fourth-order valence-electron chi connectivity index (χ4n) is 1.49. The van der Waals surface area contributed by atoms with E-state index in [9.17, 15) is 4.39 Å². The summed E-state index contributed by atoms with van der Waals surface area (Å²) in [5.74, 6) is -0.265. The molecule has 1 aromatic rings. The molecule has 4 heteroatoms. The Morgan fingerprint density at radius 3 is 2.76 bits per heavy atom. The van der Waals surface area contributed by atoms with Gasteiger partial charge < -0.3 is 15.2 Å². The Balaban J connectivity index is 2.52. The largest absolute Gasteiger partial charge is 0.379 e. The van der Waals surface area contributed by atoms with E-state index in [1.54, 1.807) is 6.07 Å². The maximum absolute atomic E-state index is 13.1. The van der Waals surface area contributed by atoms with E-state index in [0.29, 0.717) is 26.4 Å². The predicted octanol–water partition coefficient (Wildman–Crippen LogP) is 2.23. The molecule has 0 fully saturated rings. The lowest BCUT2D eigenvalue weighted by Gasteiger charge is -2.14. The summed E-state index contributed by atoms with van der Waals surface area (Å²) in [6, 6.07) is 4.58. The average molecular weight is 241 g/mol. The Morgan fingerprint density at radius 1 is 1.35 bits per heavy atom. The summed E-state index contributed by atoms with van der Waals surface area (Å²) in [6.07, 6.45) is -0.0103. The van der Waals surface area contributed by atoms with Crippen LogP contribution in [-0.4, -0.2) is 19.3 Å². The molecule has 0 amide bonds. The SMILES string of the molecule is CCOCC(C)OCc1cc(F)ccc1CN. The predicted molar refractivity (Wildman–Crippen MR) is 65.0 cm³/mol. The van der Waals surface area contributed by atoms with Crippen molar-refractivity contribution >= 4 is 0 Å². The fraction of sp³-hybridized carbons (Fsp3) is 0.538. The topological polar surface area (TPSA) is 44.5 Å². The van der Waals surface area contributed by atoms with Crippen molar-refractivity contribution < 1.29 is 13.9 Å². The molecule has 1 rings (SSSR count). The van der Waals surface area contributed by atoms with E-state index in [1.807, 2.05) is 13.8 Å². The van der Waals surface area contributed by atoms with Crippen molar-refractivity contribution in [3.63, 3.8) is 0 Å². The Labute approximate surface area is 102 Å². The lowest BCUT2D eigenvalue weighted by atomic mass is 10.1. The third-order valence-electron chi connectivity index (χ3n) is 2.47. The molecule has 0 spiro atoms. The van der Waals surface area contributed by atoms with Crippen molar-refractivity contribution in [1.29, 1.82) is 0 Å².